The van der Waals surface area contributed by atoms with Crippen LogP contribution in [0, 0.1) is 0 Å². The molecular formula is C28H34ClN7O. The summed E-state index contributed by atoms with van der Waals surface area (Å²) in [7, 11) is 2.16. The van der Waals surface area contributed by atoms with Crippen molar-refractivity contribution < 1.29 is 0 Å². The lowest BCUT2D eigenvalue weighted by molar-refractivity contribution is 0.277. The van der Waals surface area contributed by atoms with Crippen molar-refractivity contribution in [2.24, 2.45) is 0 Å². The van der Waals surface area contributed by atoms with E-state index in [4.69, 9.17) is 16.6 Å². The Balaban J connectivity index is 1.41. The van der Waals surface area contributed by atoms with Crippen LogP contribution in [0.5, 0.6) is 0 Å². The van der Waals surface area contributed by atoms with Crippen molar-refractivity contribution in [2.75, 3.05) is 63.1 Å². The van der Waals surface area contributed by atoms with Gasteiger partial charge in [-0.2, -0.15) is 0 Å². The molecule has 0 radical (unpaired) electrons. The number of hydrogen-bond donors (Lipinski definition) is 3. The number of benzene rings is 2. The summed E-state index contributed by atoms with van der Waals surface area (Å²) in [5.74, 6) is 0.565. The molecule has 0 bridgehead atoms. The van der Waals surface area contributed by atoms with Gasteiger partial charge in [0.15, 0.2) is 0 Å². The summed E-state index contributed by atoms with van der Waals surface area (Å²) in [5.41, 5.74) is 4.82. The maximum absolute atomic E-state index is 13.5. The number of halogens is 1. The van der Waals surface area contributed by atoms with Gasteiger partial charge in [0.25, 0.3) is 5.56 Å². The van der Waals surface area contributed by atoms with E-state index in [0.29, 0.717) is 22.5 Å². The summed E-state index contributed by atoms with van der Waals surface area (Å²) in [6.45, 7) is 9.20. The third-order valence-electron chi connectivity index (χ3n) is 7.97. The second-order valence-electron chi connectivity index (χ2n) is 10.3. The Hall–Kier alpha value is -3.07. The van der Waals surface area contributed by atoms with Gasteiger partial charge in [-0.1, -0.05) is 18.5 Å². The number of nitrogens with zero attached hydrogens (tertiary/aromatic N) is 4. The van der Waals surface area contributed by atoms with Crippen LogP contribution >= 0.6 is 11.6 Å². The van der Waals surface area contributed by atoms with E-state index in [2.05, 4.69) is 62.2 Å². The quantitative estimate of drug-likeness (QED) is 0.351. The number of likely N-dealkylation sites (N-methyl/N-ethyl adjacent to an activating group) is 2. The van der Waals surface area contributed by atoms with Crippen LogP contribution in [0.2, 0.25) is 5.02 Å². The van der Waals surface area contributed by atoms with Crippen molar-refractivity contribution in [3.63, 3.8) is 0 Å². The largest absolute Gasteiger partial charge is 0.382 e. The van der Waals surface area contributed by atoms with E-state index in [1.807, 2.05) is 12.1 Å². The number of nitrogens with one attached hydrogen (secondary N) is 3. The SMILES string of the molecule is CCN1CCC[C@H]1CNc1c(-c2nc3cc(N4CCN(C)CC4)ccc3[nH]2)c(=O)[nH]c2ccc(Cl)cc12. The maximum Gasteiger partial charge on any atom is 0.261 e. The first-order valence-corrected chi connectivity index (χ1v) is 13.6. The lowest BCUT2D eigenvalue weighted by Crippen LogP contribution is -2.44. The monoisotopic (exact) mass is 519 g/mol. The Labute approximate surface area is 221 Å². The summed E-state index contributed by atoms with van der Waals surface area (Å²) in [4.78, 5) is 32.1. The summed E-state index contributed by atoms with van der Waals surface area (Å²) >= 11 is 6.41. The lowest BCUT2D eigenvalue weighted by atomic mass is 10.1. The van der Waals surface area contributed by atoms with Crippen molar-refractivity contribution >= 4 is 44.9 Å². The van der Waals surface area contributed by atoms with Gasteiger partial charge < -0.3 is 25.1 Å². The minimum absolute atomic E-state index is 0.172. The highest BCUT2D eigenvalue weighted by Crippen LogP contribution is 2.33. The van der Waals surface area contributed by atoms with Crippen LogP contribution < -0.4 is 15.8 Å². The van der Waals surface area contributed by atoms with E-state index in [0.717, 1.165) is 85.5 Å². The zero-order valence-electron chi connectivity index (χ0n) is 21.5. The van der Waals surface area contributed by atoms with Crippen molar-refractivity contribution in [3.05, 3.63) is 51.8 Å². The highest BCUT2D eigenvalue weighted by molar-refractivity contribution is 6.31. The molecule has 0 unspecified atom stereocenters. The van der Waals surface area contributed by atoms with Gasteiger partial charge in [0.2, 0.25) is 0 Å². The van der Waals surface area contributed by atoms with Crippen LogP contribution in [0.15, 0.2) is 41.2 Å². The first kappa shape index (κ1) is 24.3. The minimum Gasteiger partial charge on any atom is -0.382 e. The van der Waals surface area contributed by atoms with Crippen LogP contribution in [0.3, 0.4) is 0 Å². The number of fused-ring (bicyclic) bond motifs is 2. The molecule has 2 aromatic carbocycles. The molecule has 37 heavy (non-hydrogen) atoms. The molecule has 0 saturated carbocycles. The number of rotatable bonds is 6. The van der Waals surface area contributed by atoms with E-state index in [-0.39, 0.29) is 5.56 Å². The Kier molecular flexibility index (Phi) is 6.56. The maximum atomic E-state index is 13.5. The highest BCUT2D eigenvalue weighted by atomic mass is 35.5. The average Bonchev–Trinajstić information content (AvgIpc) is 3.53. The van der Waals surface area contributed by atoms with Gasteiger partial charge >= 0.3 is 0 Å². The molecule has 2 aliphatic heterocycles. The topological polar surface area (TPSA) is 83.3 Å². The number of likely N-dealkylation sites (tertiary alicyclic amines) is 1. The average molecular weight is 520 g/mol. The molecule has 0 spiro atoms. The number of anilines is 2. The summed E-state index contributed by atoms with van der Waals surface area (Å²) < 4.78 is 0. The third-order valence-corrected chi connectivity index (χ3v) is 8.20. The van der Waals surface area contributed by atoms with Gasteiger partial charge in [-0.25, -0.2) is 4.98 Å². The van der Waals surface area contributed by atoms with Crippen LogP contribution in [-0.2, 0) is 0 Å². The molecule has 2 aliphatic rings. The number of imidazole rings is 1. The fourth-order valence-corrected chi connectivity index (χ4v) is 5.98. The normalized spacial score (nSPS) is 19.3. The van der Waals surface area contributed by atoms with Crippen LogP contribution in [0.25, 0.3) is 33.3 Å². The molecule has 4 aromatic rings. The van der Waals surface area contributed by atoms with Crippen molar-refractivity contribution in [3.8, 4) is 11.4 Å². The second-order valence-corrected chi connectivity index (χ2v) is 10.7. The van der Waals surface area contributed by atoms with Gasteiger partial charge in [-0.15, -0.1) is 0 Å². The predicted molar refractivity (Wildman–Crippen MR) is 153 cm³/mol. The van der Waals surface area contributed by atoms with Gasteiger partial charge in [0.1, 0.15) is 11.4 Å². The van der Waals surface area contributed by atoms with Crippen LogP contribution in [-0.4, -0.2) is 83.7 Å². The summed E-state index contributed by atoms with van der Waals surface area (Å²) in [5, 5.41) is 5.17. The zero-order chi connectivity index (χ0) is 25.5. The Morgan fingerprint density at radius 1 is 1.05 bits per heavy atom. The lowest BCUT2D eigenvalue weighted by Gasteiger charge is -2.34. The fraction of sp³-hybridized carbons (Fsp3) is 0.429. The molecular weight excluding hydrogens is 486 g/mol. The van der Waals surface area contributed by atoms with E-state index < -0.39 is 0 Å². The van der Waals surface area contributed by atoms with Gasteiger partial charge in [0.05, 0.1) is 22.2 Å². The molecule has 1 atom stereocenters. The molecule has 6 rings (SSSR count). The Morgan fingerprint density at radius 3 is 2.68 bits per heavy atom. The third kappa shape index (κ3) is 4.69. The molecule has 2 saturated heterocycles. The highest BCUT2D eigenvalue weighted by Gasteiger charge is 2.25. The van der Waals surface area contributed by atoms with Crippen molar-refractivity contribution in [2.45, 2.75) is 25.8 Å². The zero-order valence-corrected chi connectivity index (χ0v) is 22.2. The number of aromatic amines is 2. The molecule has 0 amide bonds. The molecule has 0 aliphatic carbocycles. The number of piperazine rings is 1. The molecule has 4 heterocycles. The van der Waals surface area contributed by atoms with E-state index >= 15 is 0 Å². The van der Waals surface area contributed by atoms with Crippen molar-refractivity contribution in [1.29, 1.82) is 0 Å². The number of hydrogen-bond acceptors (Lipinski definition) is 6. The van der Waals surface area contributed by atoms with Gasteiger partial charge in [-0.3, -0.25) is 9.69 Å². The van der Waals surface area contributed by atoms with Gasteiger partial charge in [-0.05, 0) is 69.4 Å². The molecule has 9 heteroatoms. The first-order chi connectivity index (χ1) is 18.0. The fourth-order valence-electron chi connectivity index (χ4n) is 5.81. The van der Waals surface area contributed by atoms with E-state index in [1.54, 1.807) is 6.07 Å². The predicted octanol–water partition coefficient (Wildman–Crippen LogP) is 4.37. The number of H-pyrrole nitrogens is 2. The molecule has 3 N–H and O–H groups in total. The van der Waals surface area contributed by atoms with E-state index in [9.17, 15) is 4.79 Å². The first-order valence-electron chi connectivity index (χ1n) is 13.3. The van der Waals surface area contributed by atoms with Gasteiger partial charge in [0, 0.05) is 54.9 Å². The van der Waals surface area contributed by atoms with E-state index in [1.165, 1.54) is 6.42 Å². The molecule has 2 aromatic heterocycles. The second kappa shape index (κ2) is 10.0. The molecule has 194 valence electrons. The smallest absolute Gasteiger partial charge is 0.261 e. The Morgan fingerprint density at radius 2 is 1.86 bits per heavy atom. The molecule has 8 nitrogen and oxygen atoms in total. The number of pyridine rings is 1. The minimum atomic E-state index is -0.172. The Bertz CT molecular complexity index is 1490. The van der Waals surface area contributed by atoms with Crippen LogP contribution in [0.4, 0.5) is 11.4 Å². The molecule has 2 fully saturated rings. The van der Waals surface area contributed by atoms with Crippen molar-refractivity contribution in [1.82, 2.24) is 24.8 Å². The summed E-state index contributed by atoms with van der Waals surface area (Å²) in [6.07, 6.45) is 2.35. The van der Waals surface area contributed by atoms with Crippen LogP contribution in [0.1, 0.15) is 19.8 Å². The number of aromatic nitrogens is 3. The standard InChI is InChI=1S/C28H34ClN7O/c1-3-35-10-4-5-20(35)17-30-26-21-15-18(29)6-8-22(21)33-28(37)25(26)27-31-23-9-7-19(16-24(23)32-27)36-13-11-34(2)12-14-36/h6-9,15-16,20H,3-5,10-14,17H2,1-2H3,(H,31,32)(H2,30,33,37)/t20-/m0/s1. The summed E-state index contributed by atoms with van der Waals surface area (Å²) in [6, 6.07) is 12.3.